The van der Waals surface area contributed by atoms with E-state index in [9.17, 15) is 13.5 Å². The summed E-state index contributed by atoms with van der Waals surface area (Å²) >= 11 is 0. The highest BCUT2D eigenvalue weighted by Crippen LogP contribution is 2.33. The normalized spacial score (nSPS) is 19.0. The predicted octanol–water partition coefficient (Wildman–Crippen LogP) is 3.51. The zero-order chi connectivity index (χ0) is 25.3. The van der Waals surface area contributed by atoms with Gasteiger partial charge in [0.15, 0.2) is 5.65 Å². The van der Waals surface area contributed by atoms with Gasteiger partial charge in [0, 0.05) is 26.2 Å². The van der Waals surface area contributed by atoms with E-state index < -0.39 is 16.6 Å². The fraction of sp³-hybridized carbons (Fsp3) is 0.333. The van der Waals surface area contributed by atoms with Crippen LogP contribution in [0.1, 0.15) is 24.6 Å². The number of likely N-dealkylation sites (N-methyl/N-ethyl adjacent to an activating group) is 1. The van der Waals surface area contributed by atoms with Crippen molar-refractivity contribution in [2.45, 2.75) is 37.4 Å². The smallest absolute Gasteiger partial charge is 0.269 e. The highest BCUT2D eigenvalue weighted by molar-refractivity contribution is 7.90. The molecule has 9 heteroatoms. The van der Waals surface area contributed by atoms with E-state index in [1.165, 1.54) is 11.9 Å². The van der Waals surface area contributed by atoms with Gasteiger partial charge in [-0.2, -0.15) is 0 Å². The Hall–Kier alpha value is -3.27. The molecule has 2 unspecified atom stereocenters. The largest absolute Gasteiger partial charge is 0.390 e. The van der Waals surface area contributed by atoms with Crippen LogP contribution in [-0.4, -0.2) is 58.5 Å². The van der Waals surface area contributed by atoms with Gasteiger partial charge in [-0.1, -0.05) is 55.5 Å². The third-order valence-corrected chi connectivity index (χ3v) is 8.89. The molecule has 4 aromatic rings. The lowest BCUT2D eigenvalue weighted by atomic mass is 9.92. The number of hydrogen-bond donors (Lipinski definition) is 1. The molecule has 1 aliphatic rings. The number of aromatic nitrogens is 3. The Morgan fingerprint density at radius 3 is 2.44 bits per heavy atom. The van der Waals surface area contributed by atoms with Crippen LogP contribution >= 0.6 is 0 Å². The number of piperidine rings is 1. The second kappa shape index (κ2) is 10.0. The summed E-state index contributed by atoms with van der Waals surface area (Å²) in [5.41, 5.74) is 1.81. The molecule has 1 saturated heterocycles. The van der Waals surface area contributed by atoms with Crippen LogP contribution in [0.15, 0.2) is 78.0 Å². The Morgan fingerprint density at radius 1 is 1.06 bits per heavy atom. The second-order valence-electron chi connectivity index (χ2n) is 9.48. The molecule has 0 bridgehead atoms. The number of benzene rings is 2. The van der Waals surface area contributed by atoms with E-state index in [-0.39, 0.29) is 22.3 Å². The van der Waals surface area contributed by atoms with Crippen molar-refractivity contribution in [1.82, 2.24) is 18.8 Å². The van der Waals surface area contributed by atoms with Crippen molar-refractivity contribution in [2.75, 3.05) is 25.0 Å². The number of fused-ring (bicyclic) bond motifs is 1. The zero-order valence-corrected chi connectivity index (χ0v) is 21.3. The molecule has 188 valence electrons. The Labute approximate surface area is 211 Å². The van der Waals surface area contributed by atoms with Crippen LogP contribution in [0.4, 0.5) is 5.82 Å². The summed E-state index contributed by atoms with van der Waals surface area (Å²) in [6.07, 6.45) is 2.46. The average Bonchev–Trinajstić information content (AvgIpc) is 3.30. The topological polar surface area (TPSA) is 91.6 Å². The molecule has 3 heterocycles. The van der Waals surface area contributed by atoms with Crippen molar-refractivity contribution in [1.29, 1.82) is 0 Å². The Morgan fingerprint density at radius 2 is 1.75 bits per heavy atom. The van der Waals surface area contributed by atoms with E-state index in [2.05, 4.69) is 51.0 Å². The number of hydrogen-bond acceptors (Lipinski definition) is 7. The van der Waals surface area contributed by atoms with Crippen LogP contribution in [0.5, 0.6) is 0 Å². The van der Waals surface area contributed by atoms with Gasteiger partial charge in [-0.15, -0.1) is 0 Å². The van der Waals surface area contributed by atoms with Crippen LogP contribution < -0.4 is 4.90 Å². The van der Waals surface area contributed by atoms with Crippen LogP contribution in [0.2, 0.25) is 0 Å². The van der Waals surface area contributed by atoms with E-state index in [0.29, 0.717) is 17.1 Å². The van der Waals surface area contributed by atoms with Gasteiger partial charge in [0.2, 0.25) is 0 Å². The van der Waals surface area contributed by atoms with Crippen molar-refractivity contribution < 1.29 is 13.5 Å². The maximum Gasteiger partial charge on any atom is 0.269 e. The monoisotopic (exact) mass is 505 g/mol. The predicted molar refractivity (Wildman–Crippen MR) is 140 cm³/mol. The van der Waals surface area contributed by atoms with Gasteiger partial charge in [0.25, 0.3) is 10.0 Å². The van der Waals surface area contributed by atoms with Crippen LogP contribution in [0.25, 0.3) is 11.0 Å². The minimum absolute atomic E-state index is 0.142. The lowest BCUT2D eigenvalue weighted by molar-refractivity contribution is 0.159. The summed E-state index contributed by atoms with van der Waals surface area (Å²) in [4.78, 5) is 13.7. The van der Waals surface area contributed by atoms with Crippen LogP contribution in [0, 0.1) is 5.92 Å². The summed E-state index contributed by atoms with van der Waals surface area (Å²) in [5, 5.41) is 10.7. The number of rotatable bonds is 7. The molecule has 5 rings (SSSR count). The molecule has 0 spiro atoms. The van der Waals surface area contributed by atoms with Crippen molar-refractivity contribution in [3.05, 3.63) is 84.3 Å². The summed E-state index contributed by atoms with van der Waals surface area (Å²) in [5.74, 6) is 1.09. The minimum atomic E-state index is -3.95. The fourth-order valence-corrected chi connectivity index (χ4v) is 6.65. The van der Waals surface area contributed by atoms with Crippen molar-refractivity contribution >= 4 is 26.9 Å². The maximum absolute atomic E-state index is 13.5. The number of nitrogens with zero attached hydrogens (tertiary/aromatic N) is 5. The first-order valence-corrected chi connectivity index (χ1v) is 13.6. The molecule has 0 radical (unpaired) electrons. The van der Waals surface area contributed by atoms with Gasteiger partial charge < -0.3 is 10.0 Å². The molecule has 0 amide bonds. The molecule has 1 fully saturated rings. The SMILES string of the molecule is CC1CCN(Cc2ccccc2)CC1N(C)c1ncnc2c1cc(CO)n2S(=O)(=O)c1ccccc1. The molecule has 0 saturated carbocycles. The van der Waals surface area contributed by atoms with E-state index >= 15 is 0 Å². The van der Waals surface area contributed by atoms with Crippen molar-refractivity contribution in [3.8, 4) is 0 Å². The molecule has 2 atom stereocenters. The number of likely N-dealkylation sites (tertiary alicyclic amines) is 1. The van der Waals surface area contributed by atoms with E-state index in [0.717, 1.165) is 30.0 Å². The Bertz CT molecular complexity index is 1440. The first-order valence-electron chi connectivity index (χ1n) is 12.2. The summed E-state index contributed by atoms with van der Waals surface area (Å²) < 4.78 is 28.2. The van der Waals surface area contributed by atoms with Gasteiger partial charge >= 0.3 is 0 Å². The summed E-state index contributed by atoms with van der Waals surface area (Å²) in [6, 6.07) is 20.5. The molecular formula is C27H31N5O3S. The molecule has 0 aliphatic carbocycles. The highest BCUT2D eigenvalue weighted by atomic mass is 32.2. The Kier molecular flexibility index (Phi) is 6.79. The second-order valence-corrected chi connectivity index (χ2v) is 11.3. The van der Waals surface area contributed by atoms with Gasteiger partial charge in [-0.25, -0.2) is 22.4 Å². The molecule has 8 nitrogen and oxygen atoms in total. The molecule has 2 aromatic heterocycles. The molecule has 2 aromatic carbocycles. The molecule has 1 N–H and O–H groups in total. The highest BCUT2D eigenvalue weighted by Gasteiger charge is 2.32. The minimum Gasteiger partial charge on any atom is -0.390 e. The number of aliphatic hydroxyl groups excluding tert-OH is 1. The van der Waals surface area contributed by atoms with Gasteiger partial charge in [-0.05, 0) is 42.6 Å². The number of anilines is 1. The maximum atomic E-state index is 13.5. The standard InChI is InChI=1S/C27H31N5O3S/c1-20-13-14-31(16-21-9-5-3-6-10-21)17-25(20)30(2)26-24-15-22(18-33)32(27(24)29-19-28-26)36(34,35)23-11-7-4-8-12-23/h3-12,15,19-20,25,33H,13-14,16-18H2,1-2H3. The van der Waals surface area contributed by atoms with Crippen LogP contribution in [0.3, 0.4) is 0 Å². The van der Waals surface area contributed by atoms with Crippen molar-refractivity contribution in [3.63, 3.8) is 0 Å². The lowest BCUT2D eigenvalue weighted by Gasteiger charge is -2.42. The van der Waals surface area contributed by atoms with Gasteiger partial charge in [0.1, 0.15) is 12.1 Å². The van der Waals surface area contributed by atoms with Crippen LogP contribution in [-0.2, 0) is 23.2 Å². The van der Waals surface area contributed by atoms with Crippen molar-refractivity contribution in [2.24, 2.45) is 5.92 Å². The van der Waals surface area contributed by atoms with E-state index in [4.69, 9.17) is 0 Å². The van der Waals surface area contributed by atoms with Gasteiger partial charge in [-0.3, -0.25) is 4.90 Å². The third kappa shape index (κ3) is 4.50. The Balaban J connectivity index is 1.51. The van der Waals surface area contributed by atoms with E-state index in [1.54, 1.807) is 36.4 Å². The third-order valence-electron chi connectivity index (χ3n) is 7.13. The molecule has 1 aliphatic heterocycles. The zero-order valence-electron chi connectivity index (χ0n) is 20.5. The summed E-state index contributed by atoms with van der Waals surface area (Å²) in [6.45, 7) is 4.60. The molecular weight excluding hydrogens is 474 g/mol. The first-order chi connectivity index (χ1) is 17.4. The van der Waals surface area contributed by atoms with Gasteiger partial charge in [0.05, 0.1) is 22.6 Å². The average molecular weight is 506 g/mol. The lowest BCUT2D eigenvalue weighted by Crippen LogP contribution is -2.50. The summed E-state index contributed by atoms with van der Waals surface area (Å²) in [7, 11) is -1.94. The molecule has 36 heavy (non-hydrogen) atoms. The quantitative estimate of drug-likeness (QED) is 0.411. The fourth-order valence-electron chi connectivity index (χ4n) is 5.15. The first kappa shape index (κ1) is 24.4. The van der Waals surface area contributed by atoms with E-state index in [1.807, 2.05) is 13.1 Å². The number of aliphatic hydroxyl groups is 1.